The van der Waals surface area contributed by atoms with Crippen LogP contribution in [0.4, 0.5) is 0 Å². The Hall–Kier alpha value is -0.210. The molecule has 1 saturated heterocycles. The summed E-state index contributed by atoms with van der Waals surface area (Å²) in [6.07, 6.45) is 3.05. The van der Waals surface area contributed by atoms with E-state index in [1.165, 1.54) is 10.6 Å². The van der Waals surface area contributed by atoms with Crippen LogP contribution in [0.1, 0.15) is 19.8 Å². The van der Waals surface area contributed by atoms with Gasteiger partial charge in [-0.05, 0) is 32.2 Å². The van der Waals surface area contributed by atoms with E-state index in [9.17, 15) is 8.42 Å². The lowest BCUT2D eigenvalue weighted by Gasteiger charge is -2.34. The number of sulfonamides is 1. The molecule has 0 aromatic rings. The highest BCUT2D eigenvalue weighted by molar-refractivity contribution is 7.88. The molecule has 1 fully saturated rings. The minimum Gasteiger partial charge on any atom is -0.394 e. The Balaban J connectivity index is 2.49. The van der Waals surface area contributed by atoms with Crippen molar-refractivity contribution in [3.63, 3.8) is 0 Å². The van der Waals surface area contributed by atoms with E-state index in [1.807, 2.05) is 0 Å². The van der Waals surface area contributed by atoms with Gasteiger partial charge in [0.1, 0.15) is 0 Å². The maximum Gasteiger partial charge on any atom is 0.211 e. The van der Waals surface area contributed by atoms with E-state index in [2.05, 4.69) is 5.32 Å². The number of nitrogens with one attached hydrogen (secondary N) is 1. The SMILES string of the molecule is CC(CO)(CO)NCC1CCCN(S(C)(=O)=O)C1. The third kappa shape index (κ3) is 4.47. The molecule has 0 saturated carbocycles. The number of rotatable bonds is 6. The maximum absolute atomic E-state index is 11.5. The summed E-state index contributed by atoms with van der Waals surface area (Å²) in [5.41, 5.74) is -0.701. The van der Waals surface area contributed by atoms with Gasteiger partial charge in [0.2, 0.25) is 10.0 Å². The Morgan fingerprint density at radius 3 is 2.50 bits per heavy atom. The van der Waals surface area contributed by atoms with Crippen molar-refractivity contribution in [2.24, 2.45) is 5.92 Å². The van der Waals surface area contributed by atoms with Crippen LogP contribution < -0.4 is 5.32 Å². The second-order valence-corrected chi connectivity index (χ2v) is 7.37. The highest BCUT2D eigenvalue weighted by atomic mass is 32.2. The molecule has 0 spiro atoms. The standard InChI is InChI=1S/C11H24N2O4S/c1-11(8-14,9-15)12-6-10-4-3-5-13(7-10)18(2,16)17/h10,12,14-15H,3-9H2,1-2H3. The smallest absolute Gasteiger partial charge is 0.211 e. The lowest BCUT2D eigenvalue weighted by atomic mass is 9.97. The first-order valence-electron chi connectivity index (χ1n) is 6.22. The molecule has 1 aliphatic heterocycles. The first kappa shape index (κ1) is 15.8. The third-order valence-electron chi connectivity index (χ3n) is 3.47. The van der Waals surface area contributed by atoms with Gasteiger partial charge in [-0.2, -0.15) is 0 Å². The van der Waals surface area contributed by atoms with Gasteiger partial charge < -0.3 is 15.5 Å². The van der Waals surface area contributed by atoms with Crippen molar-refractivity contribution in [1.29, 1.82) is 0 Å². The summed E-state index contributed by atoms with van der Waals surface area (Å²) in [6, 6.07) is 0. The summed E-state index contributed by atoms with van der Waals surface area (Å²) in [5, 5.41) is 21.5. The Morgan fingerprint density at radius 1 is 1.39 bits per heavy atom. The topological polar surface area (TPSA) is 89.9 Å². The molecule has 0 aromatic heterocycles. The summed E-state index contributed by atoms with van der Waals surface area (Å²) < 4.78 is 24.4. The Morgan fingerprint density at radius 2 is 2.00 bits per heavy atom. The molecule has 0 aliphatic carbocycles. The summed E-state index contributed by atoms with van der Waals surface area (Å²) in [4.78, 5) is 0. The molecule has 108 valence electrons. The van der Waals surface area contributed by atoms with Crippen LogP contribution in [0.25, 0.3) is 0 Å². The minimum atomic E-state index is -3.12. The first-order chi connectivity index (χ1) is 8.30. The molecule has 0 aromatic carbocycles. The van der Waals surface area contributed by atoms with E-state index in [0.717, 1.165) is 12.8 Å². The maximum atomic E-state index is 11.5. The molecule has 1 unspecified atom stereocenters. The fraction of sp³-hybridized carbons (Fsp3) is 1.00. The van der Waals surface area contributed by atoms with E-state index in [1.54, 1.807) is 6.92 Å². The average molecular weight is 280 g/mol. The van der Waals surface area contributed by atoms with Crippen molar-refractivity contribution in [2.45, 2.75) is 25.3 Å². The molecular formula is C11H24N2O4S. The summed E-state index contributed by atoms with van der Waals surface area (Å²) in [7, 11) is -3.12. The van der Waals surface area contributed by atoms with Gasteiger partial charge in [0.25, 0.3) is 0 Å². The molecule has 18 heavy (non-hydrogen) atoms. The molecule has 6 nitrogen and oxygen atoms in total. The van der Waals surface area contributed by atoms with Crippen LogP contribution in [-0.4, -0.2) is 67.6 Å². The monoisotopic (exact) mass is 280 g/mol. The number of nitrogens with zero attached hydrogens (tertiary/aromatic N) is 1. The summed E-state index contributed by atoms with van der Waals surface area (Å²) in [6.45, 7) is 3.15. The van der Waals surface area contributed by atoms with Crippen LogP contribution in [0.2, 0.25) is 0 Å². The van der Waals surface area contributed by atoms with Crippen molar-refractivity contribution in [3.8, 4) is 0 Å². The van der Waals surface area contributed by atoms with E-state index in [-0.39, 0.29) is 19.1 Å². The largest absolute Gasteiger partial charge is 0.394 e. The zero-order chi connectivity index (χ0) is 13.8. The predicted octanol–water partition coefficient (Wildman–Crippen LogP) is -1.01. The number of aliphatic hydroxyl groups excluding tert-OH is 2. The zero-order valence-corrected chi connectivity index (χ0v) is 11.9. The van der Waals surface area contributed by atoms with Gasteiger partial charge in [-0.1, -0.05) is 0 Å². The molecule has 1 heterocycles. The molecule has 0 amide bonds. The quantitative estimate of drug-likeness (QED) is 0.580. The van der Waals surface area contributed by atoms with Gasteiger partial charge >= 0.3 is 0 Å². The Bertz CT molecular complexity index is 354. The summed E-state index contributed by atoms with van der Waals surface area (Å²) in [5.74, 6) is 0.228. The number of piperidine rings is 1. The second kappa shape index (κ2) is 6.29. The highest BCUT2D eigenvalue weighted by Gasteiger charge is 2.28. The van der Waals surface area contributed by atoms with Crippen molar-refractivity contribution >= 4 is 10.0 Å². The lowest BCUT2D eigenvalue weighted by molar-refractivity contribution is 0.0967. The normalized spacial score (nSPS) is 23.2. The third-order valence-corrected chi connectivity index (χ3v) is 4.74. The zero-order valence-electron chi connectivity index (χ0n) is 11.1. The van der Waals surface area contributed by atoms with Crippen molar-refractivity contribution < 1.29 is 18.6 Å². The highest BCUT2D eigenvalue weighted by Crippen LogP contribution is 2.18. The number of hydrogen-bond acceptors (Lipinski definition) is 5. The molecule has 1 rings (SSSR count). The Labute approximate surface area is 109 Å². The van der Waals surface area contributed by atoms with Gasteiger partial charge in [0.05, 0.1) is 25.0 Å². The predicted molar refractivity (Wildman–Crippen MR) is 69.7 cm³/mol. The van der Waals surface area contributed by atoms with Crippen LogP contribution in [-0.2, 0) is 10.0 Å². The van der Waals surface area contributed by atoms with Crippen LogP contribution in [0.3, 0.4) is 0 Å². The van der Waals surface area contributed by atoms with Crippen LogP contribution >= 0.6 is 0 Å². The minimum absolute atomic E-state index is 0.147. The number of hydrogen-bond donors (Lipinski definition) is 3. The van der Waals surface area contributed by atoms with E-state index in [4.69, 9.17) is 10.2 Å². The molecule has 1 atom stereocenters. The van der Waals surface area contributed by atoms with Crippen LogP contribution in [0.15, 0.2) is 0 Å². The van der Waals surface area contributed by atoms with Gasteiger partial charge in [-0.15, -0.1) is 0 Å². The van der Waals surface area contributed by atoms with Gasteiger partial charge in [0.15, 0.2) is 0 Å². The number of aliphatic hydroxyl groups is 2. The fourth-order valence-electron chi connectivity index (χ4n) is 2.05. The van der Waals surface area contributed by atoms with Crippen molar-refractivity contribution in [2.75, 3.05) is 39.1 Å². The average Bonchev–Trinajstić information content (AvgIpc) is 2.35. The molecule has 3 N–H and O–H groups in total. The molecule has 1 aliphatic rings. The van der Waals surface area contributed by atoms with Crippen LogP contribution in [0.5, 0.6) is 0 Å². The van der Waals surface area contributed by atoms with Crippen molar-refractivity contribution in [3.05, 3.63) is 0 Å². The summed E-state index contributed by atoms with van der Waals surface area (Å²) >= 11 is 0. The molecule has 7 heteroatoms. The first-order valence-corrected chi connectivity index (χ1v) is 8.07. The molecule has 0 bridgehead atoms. The molecule has 0 radical (unpaired) electrons. The Kier molecular flexibility index (Phi) is 5.54. The van der Waals surface area contributed by atoms with E-state index < -0.39 is 15.6 Å². The molecular weight excluding hydrogens is 256 g/mol. The lowest BCUT2D eigenvalue weighted by Crippen LogP contribution is -2.52. The fourth-order valence-corrected chi connectivity index (χ4v) is 2.99. The second-order valence-electron chi connectivity index (χ2n) is 5.39. The van der Waals surface area contributed by atoms with Crippen LogP contribution in [0, 0.1) is 5.92 Å². The van der Waals surface area contributed by atoms with Gasteiger partial charge in [0, 0.05) is 13.1 Å². The van der Waals surface area contributed by atoms with Gasteiger partial charge in [-0.3, -0.25) is 0 Å². The van der Waals surface area contributed by atoms with E-state index >= 15 is 0 Å². The van der Waals surface area contributed by atoms with Crippen molar-refractivity contribution in [1.82, 2.24) is 9.62 Å². The van der Waals surface area contributed by atoms with Gasteiger partial charge in [-0.25, -0.2) is 12.7 Å². The van der Waals surface area contributed by atoms with E-state index in [0.29, 0.717) is 19.6 Å².